The Hall–Kier alpha value is -3.20. The van der Waals surface area contributed by atoms with Gasteiger partial charge in [-0.25, -0.2) is 4.98 Å². The first kappa shape index (κ1) is 21.0. The second kappa shape index (κ2) is 10.2. The van der Waals surface area contributed by atoms with Crippen molar-refractivity contribution < 1.29 is 4.79 Å². The monoisotopic (exact) mass is 410 g/mol. The van der Waals surface area contributed by atoms with Gasteiger partial charge in [0.25, 0.3) is 5.91 Å². The molecule has 0 spiro atoms. The smallest absolute Gasteiger partial charge is 0.252 e. The summed E-state index contributed by atoms with van der Waals surface area (Å²) in [6.45, 7) is 2.05. The maximum Gasteiger partial charge on any atom is 0.252 e. The summed E-state index contributed by atoms with van der Waals surface area (Å²) in [5, 5.41) is 0. The molecule has 2 aromatic carbocycles. The molecule has 158 valence electrons. The van der Waals surface area contributed by atoms with Crippen LogP contribution in [0.25, 0.3) is 6.08 Å². The lowest BCUT2D eigenvalue weighted by atomic mass is 9.80. The van der Waals surface area contributed by atoms with Crippen LogP contribution < -0.4 is 4.90 Å². The number of hydrogen-bond donors (Lipinski definition) is 0. The molecule has 1 saturated carbocycles. The average Bonchev–Trinajstić information content (AvgIpc) is 2.82. The lowest BCUT2D eigenvalue weighted by molar-refractivity contribution is -0.115. The Morgan fingerprint density at radius 3 is 2.32 bits per heavy atom. The van der Waals surface area contributed by atoms with Crippen LogP contribution in [-0.4, -0.2) is 10.9 Å². The van der Waals surface area contributed by atoms with Gasteiger partial charge in [-0.1, -0.05) is 79.9 Å². The lowest BCUT2D eigenvalue weighted by Gasteiger charge is -2.38. The molecule has 4 rings (SSSR count). The van der Waals surface area contributed by atoms with Gasteiger partial charge in [-0.05, 0) is 60.6 Å². The van der Waals surface area contributed by atoms with E-state index in [4.69, 9.17) is 0 Å². The summed E-state index contributed by atoms with van der Waals surface area (Å²) in [6.07, 6.45) is 11.4. The molecule has 3 heteroatoms. The van der Waals surface area contributed by atoms with Crippen LogP contribution in [0.2, 0.25) is 0 Å². The number of benzene rings is 2. The highest BCUT2D eigenvalue weighted by molar-refractivity contribution is 6.03. The SMILES string of the molecule is Cc1ccnc(N(C(=O)C=Cc2ccccc2)C(c2ccccc2)C2CCCCC2)c1. The lowest BCUT2D eigenvalue weighted by Crippen LogP contribution is -2.39. The number of rotatable bonds is 6. The second-order valence-electron chi connectivity index (χ2n) is 8.40. The Morgan fingerprint density at radius 1 is 0.968 bits per heavy atom. The van der Waals surface area contributed by atoms with Crippen molar-refractivity contribution in [1.29, 1.82) is 0 Å². The molecule has 1 aromatic heterocycles. The molecule has 0 saturated heterocycles. The Bertz CT molecular complexity index is 1010. The molecular formula is C28H30N2O. The third kappa shape index (κ3) is 5.29. The zero-order valence-electron chi connectivity index (χ0n) is 18.2. The fourth-order valence-electron chi connectivity index (χ4n) is 4.59. The molecule has 3 nitrogen and oxygen atoms in total. The van der Waals surface area contributed by atoms with E-state index in [2.05, 4.69) is 29.2 Å². The van der Waals surface area contributed by atoms with E-state index in [0.29, 0.717) is 5.92 Å². The van der Waals surface area contributed by atoms with Crippen molar-refractivity contribution >= 4 is 17.8 Å². The van der Waals surface area contributed by atoms with Crippen LogP contribution in [0.4, 0.5) is 5.82 Å². The summed E-state index contributed by atoms with van der Waals surface area (Å²) in [4.78, 5) is 20.2. The van der Waals surface area contributed by atoms with Crippen LogP contribution in [-0.2, 0) is 4.79 Å². The summed E-state index contributed by atoms with van der Waals surface area (Å²) in [7, 11) is 0. The first-order valence-electron chi connectivity index (χ1n) is 11.3. The van der Waals surface area contributed by atoms with Gasteiger partial charge in [0.1, 0.15) is 5.82 Å². The predicted molar refractivity (Wildman–Crippen MR) is 128 cm³/mol. The standard InChI is InChI=1S/C28H30N2O/c1-22-19-20-29-26(21-22)30(27(31)18-17-23-11-5-2-6-12-23)28(24-13-7-3-8-14-24)25-15-9-4-10-16-25/h2-3,5-8,11-14,17-21,25,28H,4,9-10,15-16H2,1H3. The molecule has 3 aromatic rings. The normalized spacial score (nSPS) is 15.6. The van der Waals surface area contributed by atoms with E-state index in [1.54, 1.807) is 12.3 Å². The van der Waals surface area contributed by atoms with Crippen molar-refractivity contribution in [2.24, 2.45) is 5.92 Å². The highest BCUT2D eigenvalue weighted by Gasteiger charge is 2.34. The van der Waals surface area contributed by atoms with E-state index in [1.165, 1.54) is 24.8 Å². The van der Waals surface area contributed by atoms with Gasteiger partial charge in [-0.3, -0.25) is 9.69 Å². The van der Waals surface area contributed by atoms with Gasteiger partial charge in [0, 0.05) is 12.3 Å². The van der Waals surface area contributed by atoms with E-state index in [0.717, 1.165) is 29.8 Å². The first-order valence-corrected chi connectivity index (χ1v) is 11.3. The fourth-order valence-corrected chi connectivity index (χ4v) is 4.59. The topological polar surface area (TPSA) is 33.2 Å². The minimum Gasteiger partial charge on any atom is -0.285 e. The van der Waals surface area contributed by atoms with E-state index in [-0.39, 0.29) is 11.9 Å². The molecular weight excluding hydrogens is 380 g/mol. The molecule has 1 atom stereocenters. The van der Waals surface area contributed by atoms with E-state index in [9.17, 15) is 4.79 Å². The average molecular weight is 411 g/mol. The quantitative estimate of drug-likeness (QED) is 0.421. The van der Waals surface area contributed by atoms with Gasteiger partial charge in [0.05, 0.1) is 6.04 Å². The van der Waals surface area contributed by atoms with Gasteiger partial charge in [0.2, 0.25) is 0 Å². The van der Waals surface area contributed by atoms with Crippen LogP contribution in [0.15, 0.2) is 85.1 Å². The molecule has 1 heterocycles. The molecule has 1 aliphatic carbocycles. The Kier molecular flexibility index (Phi) is 6.93. The summed E-state index contributed by atoms with van der Waals surface area (Å²) in [5.74, 6) is 1.12. The van der Waals surface area contributed by atoms with Crippen LogP contribution in [0.5, 0.6) is 0 Å². The molecule has 1 unspecified atom stereocenters. The second-order valence-corrected chi connectivity index (χ2v) is 8.40. The van der Waals surface area contributed by atoms with Gasteiger partial charge in [-0.15, -0.1) is 0 Å². The van der Waals surface area contributed by atoms with Crippen molar-refractivity contribution in [3.8, 4) is 0 Å². The third-order valence-corrected chi connectivity index (χ3v) is 6.12. The van der Waals surface area contributed by atoms with E-state index >= 15 is 0 Å². The van der Waals surface area contributed by atoms with Crippen molar-refractivity contribution in [3.05, 3.63) is 102 Å². The first-order chi connectivity index (χ1) is 15.2. The Morgan fingerprint density at radius 2 is 1.65 bits per heavy atom. The zero-order chi connectivity index (χ0) is 21.5. The third-order valence-electron chi connectivity index (χ3n) is 6.12. The van der Waals surface area contributed by atoms with Gasteiger partial charge in [0.15, 0.2) is 0 Å². The molecule has 1 aliphatic rings. The van der Waals surface area contributed by atoms with E-state index in [1.807, 2.05) is 66.4 Å². The van der Waals surface area contributed by atoms with Crippen LogP contribution >= 0.6 is 0 Å². The van der Waals surface area contributed by atoms with Gasteiger partial charge in [-0.2, -0.15) is 0 Å². The van der Waals surface area contributed by atoms with Gasteiger partial charge < -0.3 is 0 Å². The number of nitrogens with zero attached hydrogens (tertiary/aromatic N) is 2. The minimum absolute atomic E-state index is 0.0243. The number of carbonyl (C=O) groups is 1. The summed E-state index contributed by atoms with van der Waals surface area (Å²) >= 11 is 0. The Labute approximate surface area is 185 Å². The number of aryl methyl sites for hydroxylation is 1. The number of carbonyl (C=O) groups excluding carboxylic acids is 1. The van der Waals surface area contributed by atoms with Crippen LogP contribution in [0.3, 0.4) is 0 Å². The van der Waals surface area contributed by atoms with Gasteiger partial charge >= 0.3 is 0 Å². The maximum absolute atomic E-state index is 13.7. The summed E-state index contributed by atoms with van der Waals surface area (Å²) < 4.78 is 0. The zero-order valence-corrected chi connectivity index (χ0v) is 18.2. The largest absolute Gasteiger partial charge is 0.285 e. The van der Waals surface area contributed by atoms with Crippen molar-refractivity contribution in [2.45, 2.75) is 45.1 Å². The van der Waals surface area contributed by atoms with Crippen LogP contribution in [0.1, 0.15) is 54.8 Å². The molecule has 1 amide bonds. The highest BCUT2D eigenvalue weighted by atomic mass is 16.2. The summed E-state index contributed by atoms with van der Waals surface area (Å²) in [6, 6.07) is 24.4. The number of anilines is 1. The van der Waals surface area contributed by atoms with Crippen molar-refractivity contribution in [2.75, 3.05) is 4.90 Å². The molecule has 0 radical (unpaired) electrons. The fraction of sp³-hybridized carbons (Fsp3) is 0.286. The van der Waals surface area contributed by atoms with E-state index < -0.39 is 0 Å². The molecule has 0 bridgehead atoms. The van der Waals surface area contributed by atoms with Crippen molar-refractivity contribution in [3.63, 3.8) is 0 Å². The number of aromatic nitrogens is 1. The highest BCUT2D eigenvalue weighted by Crippen LogP contribution is 2.40. The number of amides is 1. The summed E-state index contributed by atoms with van der Waals surface area (Å²) in [5.41, 5.74) is 3.30. The molecule has 0 N–H and O–H groups in total. The molecule has 0 aliphatic heterocycles. The Balaban J connectivity index is 1.76. The minimum atomic E-state index is -0.0265. The number of pyridine rings is 1. The maximum atomic E-state index is 13.7. The molecule has 1 fully saturated rings. The number of hydrogen-bond acceptors (Lipinski definition) is 2. The predicted octanol–water partition coefficient (Wildman–Crippen LogP) is 6.76. The van der Waals surface area contributed by atoms with Crippen LogP contribution in [0, 0.1) is 12.8 Å². The van der Waals surface area contributed by atoms with Crippen molar-refractivity contribution in [1.82, 2.24) is 4.98 Å². The molecule has 31 heavy (non-hydrogen) atoms.